The summed E-state index contributed by atoms with van der Waals surface area (Å²) in [7, 11) is 0. The Balaban J connectivity index is 1.96. The molecule has 2 amide bonds. The number of hydrogen-bond donors (Lipinski definition) is 1. The predicted molar refractivity (Wildman–Crippen MR) is 109 cm³/mol. The summed E-state index contributed by atoms with van der Waals surface area (Å²) in [6.07, 6.45) is -2.88. The van der Waals surface area contributed by atoms with Gasteiger partial charge < -0.3 is 20.1 Å². The first-order chi connectivity index (χ1) is 14.6. The molecule has 1 atom stereocenters. The average Bonchev–Trinajstić information content (AvgIpc) is 2.66. The number of allylic oxidation sites excluding steroid dienone is 1. The van der Waals surface area contributed by atoms with E-state index in [1.165, 1.54) is 18.0 Å². The van der Waals surface area contributed by atoms with E-state index in [0.29, 0.717) is 30.0 Å². The minimum atomic E-state index is -4.65. The van der Waals surface area contributed by atoms with Crippen LogP contribution in [0.5, 0.6) is 0 Å². The number of fused-ring (bicyclic) bond motifs is 1. The summed E-state index contributed by atoms with van der Waals surface area (Å²) in [5.41, 5.74) is 7.50. The van der Waals surface area contributed by atoms with Gasteiger partial charge in [0.25, 0.3) is 0 Å². The van der Waals surface area contributed by atoms with Gasteiger partial charge in [-0.25, -0.2) is 4.79 Å². The van der Waals surface area contributed by atoms with E-state index < -0.39 is 24.9 Å². The van der Waals surface area contributed by atoms with Crippen molar-refractivity contribution in [2.75, 3.05) is 36.2 Å². The Morgan fingerprint density at radius 2 is 2.03 bits per heavy atom. The second-order valence-corrected chi connectivity index (χ2v) is 7.31. The van der Waals surface area contributed by atoms with E-state index in [-0.39, 0.29) is 24.2 Å². The van der Waals surface area contributed by atoms with Crippen molar-refractivity contribution in [3.63, 3.8) is 0 Å². The van der Waals surface area contributed by atoms with E-state index in [1.807, 2.05) is 0 Å². The molecule has 0 saturated carbocycles. The third-order valence-electron chi connectivity index (χ3n) is 4.89. The fourth-order valence-corrected chi connectivity index (χ4v) is 3.39. The highest BCUT2D eigenvalue weighted by atomic mass is 19.4. The number of benzene rings is 1. The third-order valence-corrected chi connectivity index (χ3v) is 4.89. The normalized spacial score (nSPS) is 19.9. The Morgan fingerprint density at radius 1 is 1.32 bits per heavy atom. The van der Waals surface area contributed by atoms with Crippen LogP contribution in [-0.4, -0.2) is 62.8 Å². The number of amides is 2. The standard InChI is InChI=1S/C20H23F3N4O4/c1-12-8-26(19(29)31-11-20(21,22)23)18-5-14(3-4-17(18)27(12)13(2)28)15(6-24)7-25-16-9-30-10-16/h3-7,12,16H,8-11,24H2,1-2H3/t12-/m0/s1. The molecule has 2 N–H and O–H groups in total. The molecule has 1 aromatic carbocycles. The first-order valence-electron chi connectivity index (χ1n) is 9.58. The SMILES string of the molecule is CC(=O)N1c2ccc(C(C=NC3COC3)=CN)cc2N(C(=O)OCC(F)(F)F)C[C@@H]1C. The smallest absolute Gasteiger partial charge is 0.422 e. The summed E-state index contributed by atoms with van der Waals surface area (Å²) in [6, 6.07) is 4.48. The number of anilines is 2. The minimum absolute atomic E-state index is 0.0259. The van der Waals surface area contributed by atoms with Crippen LogP contribution in [0.3, 0.4) is 0 Å². The van der Waals surface area contributed by atoms with Crippen LogP contribution in [0.15, 0.2) is 29.4 Å². The van der Waals surface area contributed by atoms with Crippen molar-refractivity contribution in [3.8, 4) is 0 Å². The molecule has 31 heavy (non-hydrogen) atoms. The molecule has 0 aliphatic carbocycles. The summed E-state index contributed by atoms with van der Waals surface area (Å²) >= 11 is 0. The summed E-state index contributed by atoms with van der Waals surface area (Å²) in [4.78, 5) is 31.6. The molecule has 1 aromatic rings. The zero-order chi connectivity index (χ0) is 22.8. The van der Waals surface area contributed by atoms with Crippen LogP contribution >= 0.6 is 0 Å². The number of nitrogens with two attached hydrogens (primary N) is 1. The molecule has 168 valence electrons. The van der Waals surface area contributed by atoms with Crippen molar-refractivity contribution in [3.05, 3.63) is 30.0 Å². The first kappa shape index (κ1) is 22.6. The van der Waals surface area contributed by atoms with Crippen molar-refractivity contribution in [2.24, 2.45) is 10.7 Å². The highest BCUT2D eigenvalue weighted by molar-refractivity contribution is 6.11. The van der Waals surface area contributed by atoms with Gasteiger partial charge in [0.05, 0.1) is 36.7 Å². The van der Waals surface area contributed by atoms with Crippen molar-refractivity contribution >= 4 is 35.2 Å². The van der Waals surface area contributed by atoms with Crippen molar-refractivity contribution in [1.29, 1.82) is 0 Å². The second kappa shape index (κ2) is 8.96. The fraction of sp³-hybridized carbons (Fsp3) is 0.450. The number of aliphatic imine (C=N–C) groups is 1. The zero-order valence-corrected chi connectivity index (χ0v) is 17.1. The van der Waals surface area contributed by atoms with Gasteiger partial charge in [-0.2, -0.15) is 13.2 Å². The maximum atomic E-state index is 12.5. The highest BCUT2D eigenvalue weighted by Gasteiger charge is 2.37. The number of nitrogens with zero attached hydrogens (tertiary/aromatic N) is 3. The number of halogens is 3. The number of ether oxygens (including phenoxy) is 2. The number of carbonyl (C=O) groups excluding carboxylic acids is 2. The van der Waals surface area contributed by atoms with Gasteiger partial charge in [-0.05, 0) is 24.6 Å². The maximum Gasteiger partial charge on any atom is 0.422 e. The van der Waals surface area contributed by atoms with E-state index in [2.05, 4.69) is 9.73 Å². The highest BCUT2D eigenvalue weighted by Crippen LogP contribution is 2.38. The second-order valence-electron chi connectivity index (χ2n) is 7.31. The monoisotopic (exact) mass is 440 g/mol. The molecule has 0 spiro atoms. The van der Waals surface area contributed by atoms with Crippen LogP contribution in [0, 0.1) is 0 Å². The van der Waals surface area contributed by atoms with Gasteiger partial charge >= 0.3 is 12.3 Å². The van der Waals surface area contributed by atoms with Crippen LogP contribution in [0.2, 0.25) is 0 Å². The zero-order valence-electron chi connectivity index (χ0n) is 17.1. The fourth-order valence-electron chi connectivity index (χ4n) is 3.39. The number of alkyl halides is 3. The molecule has 0 aromatic heterocycles. The van der Waals surface area contributed by atoms with Crippen LogP contribution in [0.4, 0.5) is 29.3 Å². The Bertz CT molecular complexity index is 912. The lowest BCUT2D eigenvalue weighted by Gasteiger charge is -2.40. The molecule has 8 nitrogen and oxygen atoms in total. The van der Waals surface area contributed by atoms with Crippen molar-refractivity contribution < 1.29 is 32.2 Å². The molecule has 0 unspecified atom stereocenters. The van der Waals surface area contributed by atoms with Gasteiger partial charge in [-0.1, -0.05) is 6.07 Å². The average molecular weight is 440 g/mol. The molecule has 3 rings (SSSR count). The molecule has 0 radical (unpaired) electrons. The van der Waals surface area contributed by atoms with Crippen LogP contribution in [0.1, 0.15) is 19.4 Å². The van der Waals surface area contributed by atoms with Crippen LogP contribution in [-0.2, 0) is 14.3 Å². The van der Waals surface area contributed by atoms with Gasteiger partial charge in [-0.3, -0.25) is 14.7 Å². The van der Waals surface area contributed by atoms with E-state index in [9.17, 15) is 22.8 Å². The van der Waals surface area contributed by atoms with Gasteiger partial charge in [-0.15, -0.1) is 0 Å². The Morgan fingerprint density at radius 3 is 2.58 bits per heavy atom. The van der Waals surface area contributed by atoms with Gasteiger partial charge in [0, 0.05) is 31.5 Å². The molecule has 1 saturated heterocycles. The number of rotatable bonds is 4. The quantitative estimate of drug-likeness (QED) is 0.726. The largest absolute Gasteiger partial charge is 0.439 e. The lowest BCUT2D eigenvalue weighted by molar-refractivity contribution is -0.159. The Labute approximate surface area is 177 Å². The summed E-state index contributed by atoms with van der Waals surface area (Å²) in [5.74, 6) is -0.258. The third kappa shape index (κ3) is 5.16. The molecule has 2 aliphatic rings. The lowest BCUT2D eigenvalue weighted by atomic mass is 10.0. The topological polar surface area (TPSA) is 97.5 Å². The Hall–Kier alpha value is -3.08. The number of hydrogen-bond acceptors (Lipinski definition) is 6. The maximum absolute atomic E-state index is 12.5. The van der Waals surface area contributed by atoms with E-state index in [4.69, 9.17) is 10.5 Å². The molecule has 2 heterocycles. The van der Waals surface area contributed by atoms with Crippen molar-refractivity contribution in [1.82, 2.24) is 0 Å². The molecule has 11 heteroatoms. The summed E-state index contributed by atoms with van der Waals surface area (Å²) in [5, 5.41) is 0. The van der Waals surface area contributed by atoms with Crippen LogP contribution in [0.25, 0.3) is 5.57 Å². The van der Waals surface area contributed by atoms with E-state index >= 15 is 0 Å². The van der Waals surface area contributed by atoms with Gasteiger partial charge in [0.1, 0.15) is 0 Å². The van der Waals surface area contributed by atoms with Crippen LogP contribution < -0.4 is 15.5 Å². The summed E-state index contributed by atoms with van der Waals surface area (Å²) < 4.78 is 47.1. The van der Waals surface area contributed by atoms with Gasteiger partial charge in [0.2, 0.25) is 5.91 Å². The molecule has 2 aliphatic heterocycles. The van der Waals surface area contributed by atoms with E-state index in [0.717, 1.165) is 4.90 Å². The summed E-state index contributed by atoms with van der Waals surface area (Å²) in [6.45, 7) is 2.38. The minimum Gasteiger partial charge on any atom is -0.439 e. The first-order valence-corrected chi connectivity index (χ1v) is 9.58. The molecular formula is C20H23F3N4O4. The predicted octanol–water partition coefficient (Wildman–Crippen LogP) is 2.72. The molecule has 1 fully saturated rings. The molecular weight excluding hydrogens is 417 g/mol. The Kier molecular flexibility index (Phi) is 6.54. The molecule has 0 bridgehead atoms. The van der Waals surface area contributed by atoms with Gasteiger partial charge in [0.15, 0.2) is 6.61 Å². The van der Waals surface area contributed by atoms with Crippen molar-refractivity contribution in [2.45, 2.75) is 32.1 Å². The lowest BCUT2D eigenvalue weighted by Crippen LogP contribution is -2.51. The van der Waals surface area contributed by atoms with E-state index in [1.54, 1.807) is 31.3 Å². The number of carbonyl (C=O) groups is 2.